The molecule has 0 spiro atoms. The van der Waals surface area contributed by atoms with Gasteiger partial charge in [-0.25, -0.2) is 4.39 Å². The van der Waals surface area contributed by atoms with Crippen molar-refractivity contribution in [3.8, 4) is 16.9 Å². The molecule has 0 fully saturated rings. The summed E-state index contributed by atoms with van der Waals surface area (Å²) in [5.41, 5.74) is 2.13. The van der Waals surface area contributed by atoms with Crippen molar-refractivity contribution < 1.29 is 18.7 Å². The highest BCUT2D eigenvalue weighted by Crippen LogP contribution is 2.33. The summed E-state index contributed by atoms with van der Waals surface area (Å²) in [5.74, 6) is 0.360. The first kappa shape index (κ1) is 15.9. The van der Waals surface area contributed by atoms with Crippen LogP contribution in [0.5, 0.6) is 5.75 Å². The summed E-state index contributed by atoms with van der Waals surface area (Å²) in [5, 5.41) is 10.4. The van der Waals surface area contributed by atoms with Gasteiger partial charge in [-0.3, -0.25) is 9.89 Å². The lowest BCUT2D eigenvalue weighted by molar-refractivity contribution is -0.119. The first-order valence-corrected chi connectivity index (χ1v) is 7.23. The minimum absolute atomic E-state index is 0.0487. The van der Waals surface area contributed by atoms with Gasteiger partial charge in [-0.1, -0.05) is 6.07 Å². The third kappa shape index (κ3) is 3.07. The Bertz CT molecular complexity index is 892. The van der Waals surface area contributed by atoms with E-state index < -0.39 is 0 Å². The van der Waals surface area contributed by atoms with Crippen molar-refractivity contribution >= 4 is 22.6 Å². The fourth-order valence-electron chi connectivity index (χ4n) is 2.49. The van der Waals surface area contributed by atoms with Crippen molar-refractivity contribution in [2.24, 2.45) is 0 Å². The molecule has 0 radical (unpaired) electrons. The van der Waals surface area contributed by atoms with E-state index in [9.17, 15) is 9.18 Å². The number of anilines is 1. The van der Waals surface area contributed by atoms with Crippen LogP contribution in [0.3, 0.4) is 0 Å². The fraction of sp³-hybridized carbons (Fsp3) is 0.176. The molecule has 2 aromatic carbocycles. The lowest BCUT2D eigenvalue weighted by atomic mass is 10.0. The van der Waals surface area contributed by atoms with Crippen LogP contribution >= 0.6 is 0 Å². The normalized spacial score (nSPS) is 10.8. The Morgan fingerprint density at radius 3 is 2.83 bits per heavy atom. The van der Waals surface area contributed by atoms with Crippen molar-refractivity contribution in [1.29, 1.82) is 0 Å². The number of benzene rings is 2. The van der Waals surface area contributed by atoms with Crippen molar-refractivity contribution in [3.05, 3.63) is 42.2 Å². The maximum absolute atomic E-state index is 13.6. The predicted octanol–water partition coefficient (Wildman–Crippen LogP) is 2.96. The number of aromatic amines is 1. The Morgan fingerprint density at radius 1 is 1.25 bits per heavy atom. The van der Waals surface area contributed by atoms with Crippen LogP contribution in [0.4, 0.5) is 10.2 Å². The lowest BCUT2D eigenvalue weighted by Gasteiger charge is -2.09. The summed E-state index contributed by atoms with van der Waals surface area (Å²) in [6.45, 7) is -0.0487. The van der Waals surface area contributed by atoms with Crippen molar-refractivity contribution in [2.75, 3.05) is 26.1 Å². The number of rotatable bonds is 5. The van der Waals surface area contributed by atoms with Crippen molar-refractivity contribution in [3.63, 3.8) is 0 Å². The van der Waals surface area contributed by atoms with Crippen LogP contribution in [-0.2, 0) is 9.53 Å². The summed E-state index contributed by atoms with van der Waals surface area (Å²) < 4.78 is 23.6. The van der Waals surface area contributed by atoms with E-state index in [2.05, 4.69) is 15.5 Å². The summed E-state index contributed by atoms with van der Waals surface area (Å²) in [6, 6.07) is 9.80. The van der Waals surface area contributed by atoms with Gasteiger partial charge >= 0.3 is 0 Å². The molecule has 0 unspecified atom stereocenters. The van der Waals surface area contributed by atoms with Crippen LogP contribution < -0.4 is 10.1 Å². The van der Waals surface area contributed by atoms with Crippen LogP contribution in [-0.4, -0.2) is 36.9 Å². The predicted molar refractivity (Wildman–Crippen MR) is 88.5 cm³/mol. The van der Waals surface area contributed by atoms with Gasteiger partial charge in [0.1, 0.15) is 18.2 Å². The molecule has 1 heterocycles. The number of methoxy groups -OCH3 is 2. The molecule has 1 aromatic heterocycles. The Balaban J connectivity index is 1.99. The molecule has 24 heavy (non-hydrogen) atoms. The number of nitrogens with zero attached hydrogens (tertiary/aromatic N) is 1. The van der Waals surface area contributed by atoms with Gasteiger partial charge < -0.3 is 14.8 Å². The molecule has 124 valence electrons. The molecule has 0 saturated carbocycles. The van der Waals surface area contributed by atoms with E-state index in [4.69, 9.17) is 9.47 Å². The second kappa shape index (κ2) is 6.67. The highest BCUT2D eigenvalue weighted by atomic mass is 19.1. The standard InChI is InChI=1S/C17H16FN3O3/c1-23-9-16(22)19-17-12-5-3-10(7-14(12)20-21-17)13-8-11(18)4-6-15(13)24-2/h3-8H,9H2,1-2H3,(H2,19,20,21,22). The van der Waals surface area contributed by atoms with Gasteiger partial charge in [-0.05, 0) is 35.9 Å². The van der Waals surface area contributed by atoms with Gasteiger partial charge in [0.15, 0.2) is 5.82 Å². The average Bonchev–Trinajstić information content (AvgIpc) is 2.97. The maximum atomic E-state index is 13.6. The van der Waals surface area contributed by atoms with Crippen molar-refractivity contribution in [2.45, 2.75) is 0 Å². The van der Waals surface area contributed by atoms with Crippen LogP contribution in [0, 0.1) is 5.82 Å². The van der Waals surface area contributed by atoms with Crippen molar-refractivity contribution in [1.82, 2.24) is 10.2 Å². The molecule has 0 atom stereocenters. The number of H-pyrrole nitrogens is 1. The minimum Gasteiger partial charge on any atom is -0.496 e. The largest absolute Gasteiger partial charge is 0.496 e. The van der Waals surface area contributed by atoms with Gasteiger partial charge in [0.25, 0.3) is 5.91 Å². The van der Waals surface area contributed by atoms with Crippen LogP contribution in [0.1, 0.15) is 0 Å². The Morgan fingerprint density at radius 2 is 2.08 bits per heavy atom. The molecule has 0 aliphatic carbocycles. The summed E-state index contributed by atoms with van der Waals surface area (Å²) in [6.07, 6.45) is 0. The highest BCUT2D eigenvalue weighted by molar-refractivity contribution is 6.01. The van der Waals surface area contributed by atoms with E-state index in [1.807, 2.05) is 12.1 Å². The monoisotopic (exact) mass is 329 g/mol. The summed E-state index contributed by atoms with van der Waals surface area (Å²) in [4.78, 5) is 11.6. The van der Waals surface area contributed by atoms with Gasteiger partial charge in [0, 0.05) is 18.1 Å². The molecule has 3 rings (SSSR count). The molecule has 0 aliphatic heterocycles. The van der Waals surface area contributed by atoms with E-state index in [1.165, 1.54) is 26.4 Å². The maximum Gasteiger partial charge on any atom is 0.251 e. The number of fused-ring (bicyclic) bond motifs is 1. The number of amides is 1. The van der Waals surface area contributed by atoms with E-state index in [1.54, 1.807) is 12.1 Å². The molecule has 0 aliphatic rings. The summed E-state index contributed by atoms with van der Waals surface area (Å²) >= 11 is 0. The second-order valence-corrected chi connectivity index (χ2v) is 5.16. The first-order valence-electron chi connectivity index (χ1n) is 7.23. The third-order valence-corrected chi connectivity index (χ3v) is 3.57. The molecule has 7 heteroatoms. The van der Waals surface area contributed by atoms with E-state index in [0.717, 1.165) is 10.9 Å². The highest BCUT2D eigenvalue weighted by Gasteiger charge is 2.12. The van der Waals surface area contributed by atoms with Crippen LogP contribution in [0.2, 0.25) is 0 Å². The number of ether oxygens (including phenoxy) is 2. The number of hydrogen-bond donors (Lipinski definition) is 2. The molecular formula is C17H16FN3O3. The molecule has 6 nitrogen and oxygen atoms in total. The zero-order valence-electron chi connectivity index (χ0n) is 13.2. The fourth-order valence-corrected chi connectivity index (χ4v) is 2.49. The number of halogens is 1. The number of aromatic nitrogens is 2. The van der Waals surface area contributed by atoms with Crippen LogP contribution in [0.15, 0.2) is 36.4 Å². The molecule has 1 amide bonds. The zero-order valence-corrected chi connectivity index (χ0v) is 13.2. The molecule has 2 N–H and O–H groups in total. The quantitative estimate of drug-likeness (QED) is 0.754. The second-order valence-electron chi connectivity index (χ2n) is 5.16. The van der Waals surface area contributed by atoms with E-state index in [0.29, 0.717) is 22.6 Å². The van der Waals surface area contributed by atoms with Gasteiger partial charge in [0.2, 0.25) is 0 Å². The zero-order chi connectivity index (χ0) is 17.1. The lowest BCUT2D eigenvalue weighted by Crippen LogP contribution is -2.17. The minimum atomic E-state index is -0.344. The average molecular weight is 329 g/mol. The topological polar surface area (TPSA) is 76.2 Å². The van der Waals surface area contributed by atoms with Gasteiger partial charge in [-0.15, -0.1) is 0 Å². The van der Waals surface area contributed by atoms with E-state index in [-0.39, 0.29) is 18.3 Å². The van der Waals surface area contributed by atoms with Crippen LogP contribution in [0.25, 0.3) is 22.0 Å². The Labute approximate surface area is 137 Å². The number of hydrogen-bond acceptors (Lipinski definition) is 4. The van der Waals surface area contributed by atoms with E-state index >= 15 is 0 Å². The first-order chi connectivity index (χ1) is 11.6. The SMILES string of the molecule is COCC(=O)Nc1n[nH]c2cc(-c3cc(F)ccc3OC)ccc12. The molecule has 3 aromatic rings. The molecule has 0 saturated heterocycles. The molecule has 0 bridgehead atoms. The van der Waals surface area contributed by atoms with Gasteiger partial charge in [-0.2, -0.15) is 5.10 Å². The molecular weight excluding hydrogens is 313 g/mol. The number of carbonyl (C=O) groups excluding carboxylic acids is 1. The van der Waals surface area contributed by atoms with Gasteiger partial charge in [0.05, 0.1) is 12.6 Å². The summed E-state index contributed by atoms with van der Waals surface area (Å²) in [7, 11) is 2.98. The number of nitrogens with one attached hydrogen (secondary N) is 2. The Hall–Kier alpha value is -2.93. The number of carbonyl (C=O) groups is 1. The third-order valence-electron chi connectivity index (χ3n) is 3.57. The Kier molecular flexibility index (Phi) is 4.43. The smallest absolute Gasteiger partial charge is 0.251 e.